The molecule has 1 aromatic carbocycles. The van der Waals surface area contributed by atoms with Crippen molar-refractivity contribution in [2.24, 2.45) is 11.3 Å². The van der Waals surface area contributed by atoms with Gasteiger partial charge in [0.15, 0.2) is 0 Å². The van der Waals surface area contributed by atoms with Crippen LogP contribution in [0.25, 0.3) is 16.7 Å². The molecule has 0 saturated carbocycles. The van der Waals surface area contributed by atoms with Gasteiger partial charge in [-0.15, -0.1) is 0 Å². The Balaban J connectivity index is 2.25. The molecule has 0 fully saturated rings. The van der Waals surface area contributed by atoms with Crippen LogP contribution in [0.3, 0.4) is 0 Å². The average molecular weight is 254 g/mol. The van der Waals surface area contributed by atoms with Crippen molar-refractivity contribution in [2.75, 3.05) is 0 Å². The molecule has 1 aliphatic rings. The van der Waals surface area contributed by atoms with E-state index in [0.29, 0.717) is 5.92 Å². The van der Waals surface area contributed by atoms with Gasteiger partial charge < -0.3 is 0 Å². The fourth-order valence-electron chi connectivity index (χ4n) is 3.06. The lowest BCUT2D eigenvalue weighted by Gasteiger charge is -2.29. The molecule has 0 saturated heterocycles. The molecular formula is C17H22N2. The summed E-state index contributed by atoms with van der Waals surface area (Å²) in [7, 11) is 0. The molecule has 2 aromatic rings. The summed E-state index contributed by atoms with van der Waals surface area (Å²) in [6.45, 7) is 9.23. The molecule has 1 heterocycles. The Morgan fingerprint density at radius 3 is 2.68 bits per heavy atom. The van der Waals surface area contributed by atoms with Crippen molar-refractivity contribution in [2.45, 2.75) is 40.5 Å². The number of para-hydroxylation sites is 2. The summed E-state index contributed by atoms with van der Waals surface area (Å²) in [4.78, 5) is 4.79. The van der Waals surface area contributed by atoms with Crippen molar-refractivity contribution >= 4 is 16.7 Å². The van der Waals surface area contributed by atoms with Gasteiger partial charge in [-0.2, -0.15) is 0 Å². The molecule has 2 nitrogen and oxygen atoms in total. The van der Waals surface area contributed by atoms with Gasteiger partial charge in [0.1, 0.15) is 5.82 Å². The summed E-state index contributed by atoms with van der Waals surface area (Å²) < 4.78 is 2.39. The van der Waals surface area contributed by atoms with Crippen molar-refractivity contribution in [3.05, 3.63) is 36.2 Å². The zero-order valence-electron chi connectivity index (χ0n) is 12.3. The van der Waals surface area contributed by atoms with E-state index >= 15 is 0 Å². The minimum absolute atomic E-state index is 0.216. The largest absolute Gasteiger partial charge is 0.300 e. The molecule has 1 unspecified atom stereocenters. The number of hydrogen-bond donors (Lipinski definition) is 0. The first-order valence-electron chi connectivity index (χ1n) is 7.23. The number of imidazole rings is 1. The van der Waals surface area contributed by atoms with E-state index in [1.807, 2.05) is 0 Å². The number of rotatable bonds is 2. The van der Waals surface area contributed by atoms with E-state index in [0.717, 1.165) is 18.4 Å². The van der Waals surface area contributed by atoms with Gasteiger partial charge in [-0.3, -0.25) is 4.57 Å². The van der Waals surface area contributed by atoms with Crippen LogP contribution in [0.4, 0.5) is 0 Å². The van der Waals surface area contributed by atoms with E-state index < -0.39 is 0 Å². The zero-order chi connectivity index (χ0) is 13.6. The van der Waals surface area contributed by atoms with Crippen molar-refractivity contribution in [1.82, 2.24) is 9.55 Å². The standard InChI is InChI=1S/C17H22N2/c1-5-16-18-13-8-6-7-9-14(13)19(16)15-11-10-12(2)17(15,3)4/h6-9,11-12H,5,10H2,1-4H3. The Kier molecular flexibility index (Phi) is 2.77. The van der Waals surface area contributed by atoms with Crippen LogP contribution >= 0.6 is 0 Å². The van der Waals surface area contributed by atoms with Crippen molar-refractivity contribution in [1.29, 1.82) is 0 Å². The van der Waals surface area contributed by atoms with Crippen molar-refractivity contribution in [3.8, 4) is 0 Å². The normalized spacial score (nSPS) is 21.9. The number of aryl methyl sites for hydroxylation is 1. The second-order valence-electron chi connectivity index (χ2n) is 6.15. The number of allylic oxidation sites excluding steroid dienone is 2. The molecule has 0 bridgehead atoms. The van der Waals surface area contributed by atoms with E-state index in [1.54, 1.807) is 0 Å². The number of nitrogens with zero attached hydrogens (tertiary/aromatic N) is 2. The third-order valence-electron chi connectivity index (χ3n) is 4.74. The molecule has 0 amide bonds. The van der Waals surface area contributed by atoms with E-state index in [4.69, 9.17) is 4.98 Å². The number of fused-ring (bicyclic) bond motifs is 1. The van der Waals surface area contributed by atoms with Crippen LogP contribution in [0.5, 0.6) is 0 Å². The van der Waals surface area contributed by atoms with Crippen LogP contribution in [0, 0.1) is 11.3 Å². The van der Waals surface area contributed by atoms with Gasteiger partial charge >= 0.3 is 0 Å². The molecule has 0 spiro atoms. The van der Waals surface area contributed by atoms with E-state index in [2.05, 4.69) is 62.6 Å². The topological polar surface area (TPSA) is 17.8 Å². The average Bonchev–Trinajstić information content (AvgIpc) is 2.88. The SMILES string of the molecule is CCc1nc2ccccc2n1C1=CCC(C)C1(C)C. The molecule has 0 N–H and O–H groups in total. The molecule has 0 radical (unpaired) electrons. The summed E-state index contributed by atoms with van der Waals surface area (Å²) in [5.41, 5.74) is 3.99. The van der Waals surface area contributed by atoms with Crippen LogP contribution in [0.2, 0.25) is 0 Å². The smallest absolute Gasteiger partial charge is 0.113 e. The van der Waals surface area contributed by atoms with Gasteiger partial charge in [-0.05, 0) is 24.5 Å². The second kappa shape index (κ2) is 4.22. The first kappa shape index (κ1) is 12.5. The highest BCUT2D eigenvalue weighted by Gasteiger charge is 2.36. The number of benzene rings is 1. The maximum absolute atomic E-state index is 4.79. The van der Waals surface area contributed by atoms with Crippen molar-refractivity contribution in [3.63, 3.8) is 0 Å². The Morgan fingerprint density at radius 1 is 1.32 bits per heavy atom. The lowest BCUT2D eigenvalue weighted by atomic mass is 9.81. The maximum atomic E-state index is 4.79. The predicted molar refractivity (Wildman–Crippen MR) is 80.9 cm³/mol. The monoisotopic (exact) mass is 254 g/mol. The Morgan fingerprint density at radius 2 is 2.05 bits per heavy atom. The van der Waals surface area contributed by atoms with Gasteiger partial charge in [0.2, 0.25) is 0 Å². The Hall–Kier alpha value is -1.57. The lowest BCUT2D eigenvalue weighted by molar-refractivity contribution is 0.338. The first-order valence-corrected chi connectivity index (χ1v) is 7.23. The maximum Gasteiger partial charge on any atom is 0.113 e. The summed E-state index contributed by atoms with van der Waals surface area (Å²) in [6.07, 6.45) is 4.53. The quantitative estimate of drug-likeness (QED) is 0.771. The number of hydrogen-bond acceptors (Lipinski definition) is 1. The van der Waals surface area contributed by atoms with Gasteiger partial charge in [-0.25, -0.2) is 4.98 Å². The molecule has 1 aliphatic carbocycles. The molecule has 100 valence electrons. The van der Waals surface area contributed by atoms with Gasteiger partial charge in [0.25, 0.3) is 0 Å². The highest BCUT2D eigenvalue weighted by Crippen LogP contribution is 2.46. The third-order valence-corrected chi connectivity index (χ3v) is 4.74. The molecule has 2 heteroatoms. The summed E-state index contributed by atoms with van der Waals surface area (Å²) in [6, 6.07) is 8.46. The highest BCUT2D eigenvalue weighted by atomic mass is 15.1. The Bertz CT molecular complexity index is 646. The van der Waals surface area contributed by atoms with Crippen molar-refractivity contribution < 1.29 is 0 Å². The van der Waals surface area contributed by atoms with Crippen LogP contribution in [0.1, 0.15) is 39.9 Å². The van der Waals surface area contributed by atoms with Gasteiger partial charge in [0, 0.05) is 17.5 Å². The first-order chi connectivity index (χ1) is 9.05. The molecule has 1 atom stereocenters. The summed E-state index contributed by atoms with van der Waals surface area (Å²) in [5, 5.41) is 0. The third kappa shape index (κ3) is 1.73. The lowest BCUT2D eigenvalue weighted by Crippen LogP contribution is -2.22. The van der Waals surface area contributed by atoms with E-state index in [1.165, 1.54) is 17.0 Å². The zero-order valence-corrected chi connectivity index (χ0v) is 12.3. The predicted octanol–water partition coefficient (Wildman–Crippen LogP) is 4.51. The minimum atomic E-state index is 0.216. The molecule has 1 aromatic heterocycles. The minimum Gasteiger partial charge on any atom is -0.300 e. The fraction of sp³-hybridized carbons (Fsp3) is 0.471. The molecular weight excluding hydrogens is 232 g/mol. The van der Waals surface area contributed by atoms with Crippen LogP contribution < -0.4 is 0 Å². The second-order valence-corrected chi connectivity index (χ2v) is 6.15. The Labute approximate surface area is 115 Å². The van der Waals surface area contributed by atoms with E-state index in [-0.39, 0.29) is 5.41 Å². The molecule has 0 aliphatic heterocycles. The van der Waals surface area contributed by atoms with E-state index in [9.17, 15) is 0 Å². The van der Waals surface area contributed by atoms with Crippen LogP contribution in [-0.4, -0.2) is 9.55 Å². The summed E-state index contributed by atoms with van der Waals surface area (Å²) >= 11 is 0. The van der Waals surface area contributed by atoms with Gasteiger partial charge in [0.05, 0.1) is 11.0 Å². The molecule has 19 heavy (non-hydrogen) atoms. The summed E-state index contributed by atoms with van der Waals surface area (Å²) in [5.74, 6) is 1.86. The highest BCUT2D eigenvalue weighted by molar-refractivity contribution is 5.81. The van der Waals surface area contributed by atoms with Gasteiger partial charge in [-0.1, -0.05) is 45.9 Å². The fourth-order valence-corrected chi connectivity index (χ4v) is 3.06. The van der Waals surface area contributed by atoms with Crippen LogP contribution in [-0.2, 0) is 6.42 Å². The molecule has 3 rings (SSSR count). The number of aromatic nitrogens is 2. The van der Waals surface area contributed by atoms with Crippen LogP contribution in [0.15, 0.2) is 30.3 Å².